The minimum absolute atomic E-state index is 0.167. The topological polar surface area (TPSA) is 106 Å². The molecule has 2 saturated heterocycles. The van der Waals surface area contributed by atoms with Gasteiger partial charge in [-0.15, -0.1) is 0 Å². The predicted molar refractivity (Wildman–Crippen MR) is 108 cm³/mol. The van der Waals surface area contributed by atoms with Crippen LogP contribution in [0.25, 0.3) is 0 Å². The summed E-state index contributed by atoms with van der Waals surface area (Å²) in [6, 6.07) is 4.55. The van der Waals surface area contributed by atoms with Crippen molar-refractivity contribution in [2.24, 2.45) is 0 Å². The number of esters is 1. The Hall–Kier alpha value is -2.36. The van der Waals surface area contributed by atoms with Crippen LogP contribution in [0.2, 0.25) is 5.02 Å². The van der Waals surface area contributed by atoms with Gasteiger partial charge in [-0.3, -0.25) is 19.7 Å². The maximum Gasteiger partial charge on any atom is 0.309 e. The number of halogens is 1. The molecule has 3 atom stereocenters. The number of nitrogens with zero attached hydrogens (tertiary/aromatic N) is 1. The van der Waals surface area contributed by atoms with Crippen molar-refractivity contribution in [2.45, 2.75) is 44.7 Å². The van der Waals surface area contributed by atoms with E-state index in [-0.39, 0.29) is 47.6 Å². The van der Waals surface area contributed by atoms with Gasteiger partial charge in [-0.2, -0.15) is 0 Å². The zero-order valence-corrected chi connectivity index (χ0v) is 17.7. The first-order chi connectivity index (χ1) is 14.4. The van der Waals surface area contributed by atoms with Gasteiger partial charge in [0.1, 0.15) is 5.75 Å². The number of benzene rings is 1. The van der Waals surface area contributed by atoms with E-state index in [1.165, 1.54) is 7.11 Å². The van der Waals surface area contributed by atoms with Crippen LogP contribution in [-0.2, 0) is 19.1 Å². The Kier molecular flexibility index (Phi) is 7.52. The lowest BCUT2D eigenvalue weighted by Gasteiger charge is -2.29. The van der Waals surface area contributed by atoms with E-state index in [9.17, 15) is 14.4 Å². The first kappa shape index (κ1) is 22.3. The molecule has 1 aromatic carbocycles. The SMILES string of the molecule is CCO[C@@H]1OC(=O)C[C@@H]1NC1CCCN1C(=O)CNC(=O)c1cccc(OC)c1Cl. The Morgan fingerprint density at radius 3 is 2.90 bits per heavy atom. The number of likely N-dealkylation sites (tertiary alicyclic amines) is 1. The number of cyclic esters (lactones) is 1. The monoisotopic (exact) mass is 439 g/mol. The highest BCUT2D eigenvalue weighted by atomic mass is 35.5. The molecule has 0 aliphatic carbocycles. The Balaban J connectivity index is 1.57. The lowest BCUT2D eigenvalue weighted by Crippen LogP contribution is -2.53. The average Bonchev–Trinajstić information content (AvgIpc) is 3.33. The minimum atomic E-state index is -0.657. The molecule has 1 unspecified atom stereocenters. The van der Waals surface area contributed by atoms with Crippen LogP contribution in [0, 0.1) is 0 Å². The molecule has 2 aliphatic rings. The maximum atomic E-state index is 12.7. The molecule has 0 saturated carbocycles. The molecule has 10 heteroatoms. The van der Waals surface area contributed by atoms with E-state index in [4.69, 9.17) is 25.8 Å². The van der Waals surface area contributed by atoms with E-state index in [0.29, 0.717) is 18.9 Å². The second-order valence-corrected chi connectivity index (χ2v) is 7.42. The average molecular weight is 440 g/mol. The number of methoxy groups -OCH3 is 1. The lowest BCUT2D eigenvalue weighted by molar-refractivity contribution is -0.164. The van der Waals surface area contributed by atoms with Gasteiger partial charge < -0.3 is 24.4 Å². The largest absolute Gasteiger partial charge is 0.495 e. The van der Waals surface area contributed by atoms with Gasteiger partial charge in [0, 0.05) is 13.2 Å². The number of rotatable bonds is 8. The Morgan fingerprint density at radius 1 is 1.37 bits per heavy atom. The van der Waals surface area contributed by atoms with Gasteiger partial charge in [-0.1, -0.05) is 17.7 Å². The Bertz CT molecular complexity index is 805. The zero-order chi connectivity index (χ0) is 21.7. The summed E-state index contributed by atoms with van der Waals surface area (Å²) in [5.41, 5.74) is 0.237. The molecule has 9 nitrogen and oxygen atoms in total. The highest BCUT2D eigenvalue weighted by Crippen LogP contribution is 2.27. The van der Waals surface area contributed by atoms with Crippen molar-refractivity contribution in [3.63, 3.8) is 0 Å². The number of nitrogens with one attached hydrogen (secondary N) is 2. The summed E-state index contributed by atoms with van der Waals surface area (Å²) in [6.45, 7) is 2.64. The van der Waals surface area contributed by atoms with Gasteiger partial charge in [0.05, 0.1) is 42.9 Å². The van der Waals surface area contributed by atoms with Gasteiger partial charge in [0.25, 0.3) is 5.91 Å². The molecule has 0 radical (unpaired) electrons. The van der Waals surface area contributed by atoms with Gasteiger partial charge in [0.2, 0.25) is 12.2 Å². The number of ether oxygens (including phenoxy) is 3. The molecule has 1 aromatic rings. The van der Waals surface area contributed by atoms with E-state index < -0.39 is 12.2 Å². The van der Waals surface area contributed by atoms with Crippen LogP contribution in [0.4, 0.5) is 0 Å². The quantitative estimate of drug-likeness (QED) is 0.588. The maximum absolute atomic E-state index is 12.7. The molecule has 30 heavy (non-hydrogen) atoms. The Labute approximate surface area is 180 Å². The van der Waals surface area contributed by atoms with Crippen LogP contribution >= 0.6 is 11.6 Å². The standard InChI is InChI=1S/C20H26ClN3O6/c1-3-29-20-13(10-17(26)30-20)23-15-8-5-9-24(15)16(25)11-22-19(27)12-6-4-7-14(28-2)18(12)21/h4,6-7,13,15,20,23H,3,5,8-11H2,1-2H3,(H,22,27)/t13-,15?,20+/m0/s1. The highest BCUT2D eigenvalue weighted by Gasteiger charge is 2.39. The summed E-state index contributed by atoms with van der Waals surface area (Å²) in [6.07, 6.45) is 0.839. The molecular formula is C20H26ClN3O6. The molecule has 2 aliphatic heterocycles. The number of carbonyl (C=O) groups excluding carboxylic acids is 3. The van der Waals surface area contributed by atoms with Crippen LogP contribution < -0.4 is 15.4 Å². The van der Waals surface area contributed by atoms with Gasteiger partial charge in [0.15, 0.2) is 0 Å². The number of amides is 2. The van der Waals surface area contributed by atoms with Crippen molar-refractivity contribution in [3.8, 4) is 5.75 Å². The molecule has 2 amide bonds. The van der Waals surface area contributed by atoms with E-state index in [1.54, 1.807) is 23.1 Å². The summed E-state index contributed by atoms with van der Waals surface area (Å²) in [4.78, 5) is 38.5. The smallest absolute Gasteiger partial charge is 0.309 e. The van der Waals surface area contributed by atoms with E-state index in [2.05, 4.69) is 10.6 Å². The fourth-order valence-corrected chi connectivity index (χ4v) is 3.96. The summed E-state index contributed by atoms with van der Waals surface area (Å²) >= 11 is 6.17. The zero-order valence-electron chi connectivity index (χ0n) is 17.0. The number of hydrogen-bond acceptors (Lipinski definition) is 7. The lowest BCUT2D eigenvalue weighted by atomic mass is 10.2. The van der Waals surface area contributed by atoms with E-state index in [0.717, 1.165) is 12.8 Å². The van der Waals surface area contributed by atoms with Gasteiger partial charge in [-0.25, -0.2) is 0 Å². The second-order valence-electron chi connectivity index (χ2n) is 7.04. The molecule has 2 fully saturated rings. The van der Waals surface area contributed by atoms with Crippen LogP contribution in [0.5, 0.6) is 5.75 Å². The first-order valence-electron chi connectivity index (χ1n) is 9.91. The second kappa shape index (κ2) is 10.1. The van der Waals surface area contributed by atoms with Crippen molar-refractivity contribution in [2.75, 3.05) is 26.8 Å². The van der Waals surface area contributed by atoms with Crippen LogP contribution in [0.1, 0.15) is 36.5 Å². The summed E-state index contributed by atoms with van der Waals surface area (Å²) < 4.78 is 15.7. The van der Waals surface area contributed by atoms with Crippen LogP contribution in [0.15, 0.2) is 18.2 Å². The van der Waals surface area contributed by atoms with Crippen LogP contribution in [-0.4, -0.2) is 68.0 Å². The summed E-state index contributed by atoms with van der Waals surface area (Å²) in [5, 5.41) is 6.11. The van der Waals surface area contributed by atoms with E-state index in [1.807, 2.05) is 6.92 Å². The van der Waals surface area contributed by atoms with Gasteiger partial charge in [-0.05, 0) is 31.9 Å². The number of carbonyl (C=O) groups is 3. The summed E-state index contributed by atoms with van der Waals surface area (Å²) in [5.74, 6) is -0.626. The fraction of sp³-hybridized carbons (Fsp3) is 0.550. The summed E-state index contributed by atoms with van der Waals surface area (Å²) in [7, 11) is 1.46. The van der Waals surface area contributed by atoms with Crippen LogP contribution in [0.3, 0.4) is 0 Å². The van der Waals surface area contributed by atoms with E-state index >= 15 is 0 Å². The third-order valence-corrected chi connectivity index (χ3v) is 5.49. The third kappa shape index (κ3) is 5.03. The molecule has 2 N–H and O–H groups in total. The molecule has 3 rings (SSSR count). The molecule has 0 bridgehead atoms. The third-order valence-electron chi connectivity index (χ3n) is 5.10. The molecular weight excluding hydrogens is 414 g/mol. The van der Waals surface area contributed by atoms with Gasteiger partial charge >= 0.3 is 5.97 Å². The highest BCUT2D eigenvalue weighted by molar-refractivity contribution is 6.35. The molecule has 0 spiro atoms. The predicted octanol–water partition coefficient (Wildman–Crippen LogP) is 1.29. The van der Waals surface area contributed by atoms with Crippen molar-refractivity contribution in [3.05, 3.63) is 28.8 Å². The normalized spacial score (nSPS) is 23.4. The Morgan fingerprint density at radius 2 is 2.17 bits per heavy atom. The number of hydrogen-bond donors (Lipinski definition) is 2. The van der Waals surface area contributed by atoms with Crippen molar-refractivity contribution in [1.82, 2.24) is 15.5 Å². The molecule has 164 valence electrons. The van der Waals surface area contributed by atoms with Crippen molar-refractivity contribution >= 4 is 29.4 Å². The first-order valence-corrected chi connectivity index (χ1v) is 10.3. The van der Waals surface area contributed by atoms with Crippen molar-refractivity contribution in [1.29, 1.82) is 0 Å². The molecule has 2 heterocycles. The minimum Gasteiger partial charge on any atom is -0.495 e. The fourth-order valence-electron chi connectivity index (χ4n) is 3.67. The molecule has 0 aromatic heterocycles. The van der Waals surface area contributed by atoms with Crippen molar-refractivity contribution < 1.29 is 28.6 Å².